The van der Waals surface area contributed by atoms with Crippen molar-refractivity contribution in [3.8, 4) is 101 Å². The molecule has 0 amide bonds. The SMILES string of the molecule is Brc1ccc(-c2ccc(-c3cc(-c4ccccc4)nc(-c4ccccc4)n3)cc2)cc1.OB(O)c1ccc2sc3ccccc3c2c1.c1ccc(-c2cc(-c3ccc(-c4ccc(-c5ccc6sc7ccccc7c6c5)cc4)cc3)nc(-c3ccccc3)n2)cc1. The highest BCUT2D eigenvalue weighted by atomic mass is 79.9. The third-order valence-corrected chi connectivity index (χ3v) is 18.7. The van der Waals surface area contributed by atoms with E-state index in [4.69, 9.17) is 30.0 Å². The molecule has 0 aliphatic carbocycles. The Kier molecular flexibility index (Phi) is 16.7. The molecule has 4 aromatic heterocycles. The molecule has 12 aromatic carbocycles. The lowest BCUT2D eigenvalue weighted by Crippen LogP contribution is -2.29. The minimum absolute atomic E-state index is 0.538. The van der Waals surface area contributed by atoms with Crippen molar-refractivity contribution in [2.24, 2.45) is 0 Å². The van der Waals surface area contributed by atoms with Gasteiger partial charge in [-0.3, -0.25) is 0 Å². The fourth-order valence-corrected chi connectivity index (χ4v) is 13.5. The maximum absolute atomic E-state index is 9.15. The Morgan fingerprint density at radius 3 is 0.933 bits per heavy atom. The second-order valence-corrected chi connectivity index (χ2v) is 24.7. The molecule has 16 rings (SSSR count). The molecule has 16 aromatic rings. The van der Waals surface area contributed by atoms with Gasteiger partial charge in [0, 0.05) is 72.8 Å². The Hall–Kier alpha value is -10.3. The van der Waals surface area contributed by atoms with Crippen molar-refractivity contribution < 1.29 is 10.0 Å². The summed E-state index contributed by atoms with van der Waals surface area (Å²) < 4.78 is 6.14. The number of aromatic nitrogens is 4. The van der Waals surface area contributed by atoms with Gasteiger partial charge < -0.3 is 10.0 Å². The summed E-state index contributed by atoms with van der Waals surface area (Å²) in [5.41, 5.74) is 17.7. The first kappa shape index (κ1) is 57.4. The van der Waals surface area contributed by atoms with Gasteiger partial charge in [-0.15, -0.1) is 22.7 Å². The summed E-state index contributed by atoms with van der Waals surface area (Å²) in [4.78, 5) is 19.6. The smallest absolute Gasteiger partial charge is 0.423 e. The molecule has 0 saturated heterocycles. The van der Waals surface area contributed by atoms with Gasteiger partial charge >= 0.3 is 7.12 Å². The lowest BCUT2D eigenvalue weighted by Gasteiger charge is -2.10. The van der Waals surface area contributed by atoms with E-state index in [0.717, 1.165) is 77.7 Å². The van der Waals surface area contributed by atoms with Crippen molar-refractivity contribution in [3.05, 3.63) is 320 Å². The summed E-state index contributed by atoms with van der Waals surface area (Å²) in [6.45, 7) is 0. The van der Waals surface area contributed by atoms with Crippen LogP contribution in [0.4, 0.5) is 0 Å². The van der Waals surface area contributed by atoms with Crippen molar-refractivity contribution in [2.45, 2.75) is 0 Å². The Bertz CT molecular complexity index is 5020. The Labute approximate surface area is 538 Å². The van der Waals surface area contributed by atoms with E-state index in [9.17, 15) is 0 Å². The molecule has 90 heavy (non-hydrogen) atoms. The minimum atomic E-state index is -1.40. The molecule has 2 N–H and O–H groups in total. The molecule has 0 fully saturated rings. The molecule has 428 valence electrons. The molecule has 6 nitrogen and oxygen atoms in total. The number of fused-ring (bicyclic) bond motifs is 6. The Balaban J connectivity index is 0.000000130. The van der Waals surface area contributed by atoms with Crippen LogP contribution >= 0.6 is 38.6 Å². The third-order valence-electron chi connectivity index (χ3n) is 15.8. The summed E-state index contributed by atoms with van der Waals surface area (Å²) in [5, 5.41) is 23.2. The Morgan fingerprint density at radius 1 is 0.244 bits per heavy atom. The number of rotatable bonds is 10. The highest BCUT2D eigenvalue weighted by Gasteiger charge is 2.16. The second kappa shape index (κ2) is 26.2. The van der Waals surface area contributed by atoms with Crippen LogP contribution in [0.2, 0.25) is 0 Å². The highest BCUT2D eigenvalue weighted by Crippen LogP contribution is 2.38. The fourth-order valence-electron chi connectivity index (χ4n) is 11.1. The molecule has 10 heteroatoms. The van der Waals surface area contributed by atoms with Crippen LogP contribution in [0.15, 0.2) is 320 Å². The van der Waals surface area contributed by atoms with Crippen LogP contribution in [0.25, 0.3) is 142 Å². The Morgan fingerprint density at radius 2 is 0.533 bits per heavy atom. The van der Waals surface area contributed by atoms with Crippen molar-refractivity contribution in [2.75, 3.05) is 0 Å². The van der Waals surface area contributed by atoms with Gasteiger partial charge in [-0.25, -0.2) is 19.9 Å². The molecule has 0 spiro atoms. The second-order valence-electron chi connectivity index (χ2n) is 21.7. The summed E-state index contributed by atoms with van der Waals surface area (Å²) in [7, 11) is -1.40. The molecular weight excluding hydrogens is 1200 g/mol. The van der Waals surface area contributed by atoms with Gasteiger partial charge in [0.15, 0.2) is 11.6 Å². The van der Waals surface area contributed by atoms with Gasteiger partial charge in [0.2, 0.25) is 0 Å². The molecule has 0 radical (unpaired) electrons. The zero-order chi connectivity index (χ0) is 60.8. The third kappa shape index (κ3) is 12.7. The lowest BCUT2D eigenvalue weighted by molar-refractivity contribution is 0.426. The maximum Gasteiger partial charge on any atom is 0.488 e. The van der Waals surface area contributed by atoms with Gasteiger partial charge in [0.25, 0.3) is 0 Å². The molecule has 0 saturated carbocycles. The monoisotopic (exact) mass is 1260 g/mol. The highest BCUT2D eigenvalue weighted by molar-refractivity contribution is 9.10. The number of thiophene rings is 2. The average molecular weight is 1260 g/mol. The fraction of sp³-hybridized carbons (Fsp3) is 0. The maximum atomic E-state index is 9.15. The molecule has 4 heterocycles. The van der Waals surface area contributed by atoms with Gasteiger partial charge in [0.05, 0.1) is 22.8 Å². The van der Waals surface area contributed by atoms with Crippen molar-refractivity contribution in [1.29, 1.82) is 0 Å². The van der Waals surface area contributed by atoms with Crippen molar-refractivity contribution >= 4 is 91.5 Å². The lowest BCUT2D eigenvalue weighted by atomic mass is 9.80. The van der Waals surface area contributed by atoms with Crippen LogP contribution in [-0.2, 0) is 0 Å². The molecular formula is C80H54BBrN4O2S2. The largest absolute Gasteiger partial charge is 0.488 e. The first-order valence-corrected chi connectivity index (χ1v) is 32.0. The molecule has 0 aliphatic rings. The van der Waals surface area contributed by atoms with E-state index in [1.807, 2.05) is 121 Å². The van der Waals surface area contributed by atoms with Gasteiger partial charge in [-0.2, -0.15) is 0 Å². The minimum Gasteiger partial charge on any atom is -0.423 e. The number of hydrogen-bond acceptors (Lipinski definition) is 8. The van der Waals surface area contributed by atoms with E-state index in [-0.39, 0.29) is 0 Å². The predicted octanol–water partition coefficient (Wildman–Crippen LogP) is 20.8. The molecule has 0 aliphatic heterocycles. The number of nitrogens with zero attached hydrogens (tertiary/aromatic N) is 4. The molecule has 0 atom stereocenters. The van der Waals surface area contributed by atoms with Crippen molar-refractivity contribution in [3.63, 3.8) is 0 Å². The van der Waals surface area contributed by atoms with Gasteiger partial charge in [0.1, 0.15) is 0 Å². The van der Waals surface area contributed by atoms with E-state index in [0.29, 0.717) is 5.46 Å². The summed E-state index contributed by atoms with van der Waals surface area (Å²) in [6, 6.07) is 109. The average Bonchev–Trinajstić information content (AvgIpc) is 1.83. The van der Waals surface area contributed by atoms with Crippen LogP contribution in [0.1, 0.15) is 0 Å². The molecule has 0 unspecified atom stereocenters. The first-order valence-electron chi connectivity index (χ1n) is 29.6. The van der Waals surface area contributed by atoms with Crippen molar-refractivity contribution in [1.82, 2.24) is 19.9 Å². The zero-order valence-electron chi connectivity index (χ0n) is 48.5. The number of hydrogen-bond donors (Lipinski definition) is 2. The van der Waals surface area contributed by atoms with Gasteiger partial charge in [-0.05, 0) is 98.8 Å². The van der Waals surface area contributed by atoms with Crippen LogP contribution in [0, 0.1) is 0 Å². The normalized spacial score (nSPS) is 11.1. The summed E-state index contributed by atoms with van der Waals surface area (Å²) in [5.74, 6) is 1.46. The number of benzene rings is 12. The van der Waals surface area contributed by atoms with Gasteiger partial charge in [-0.1, -0.05) is 277 Å². The molecule has 0 bridgehead atoms. The summed E-state index contributed by atoms with van der Waals surface area (Å²) in [6.07, 6.45) is 0. The van der Waals surface area contributed by atoms with Crippen LogP contribution in [0.3, 0.4) is 0 Å². The number of halogens is 1. The quantitative estimate of drug-likeness (QED) is 0.133. The van der Waals surface area contributed by atoms with E-state index >= 15 is 0 Å². The van der Waals surface area contributed by atoms with E-state index < -0.39 is 7.12 Å². The topological polar surface area (TPSA) is 92.0 Å². The predicted molar refractivity (Wildman–Crippen MR) is 383 cm³/mol. The standard InChI is InChI=1S/C40H26N2S.C28H19BrN2.C12H9BO2S/c1-3-9-30(10-4-1)36-26-37(42-40(41-36)32-11-5-2-6-12-32)31-21-19-28(20-22-31)27-15-17-29(18-16-27)33-23-24-39-35(25-33)34-13-7-8-14-38(34)43-39;29-25-17-15-21(16-18-25)20-11-13-23(14-12-20)27-19-26(22-7-3-1-4-8-22)30-28(31-27)24-9-5-2-6-10-24;14-13(15)8-5-6-12-10(7-8)9-3-1-2-4-11(9)16-12/h1-26H;1-19H;1-7,14-15H. The van der Waals surface area contributed by atoms with E-state index in [1.54, 1.807) is 17.4 Å². The first-order chi connectivity index (χ1) is 44.3. The van der Waals surface area contributed by atoms with Crippen LogP contribution < -0.4 is 5.46 Å². The zero-order valence-corrected chi connectivity index (χ0v) is 51.7. The summed E-state index contributed by atoms with van der Waals surface area (Å²) >= 11 is 7.07. The van der Waals surface area contributed by atoms with E-state index in [2.05, 4.69) is 216 Å². The van der Waals surface area contributed by atoms with Crippen LogP contribution in [0.5, 0.6) is 0 Å². The van der Waals surface area contributed by atoms with E-state index in [1.165, 1.54) is 68.3 Å². The van der Waals surface area contributed by atoms with Crippen LogP contribution in [-0.4, -0.2) is 37.1 Å².